The summed E-state index contributed by atoms with van der Waals surface area (Å²) in [5.74, 6) is -0.227. The Morgan fingerprint density at radius 3 is 2.14 bits per heavy atom. The zero-order valence-electron chi connectivity index (χ0n) is 20.3. The number of carboxylic acid groups (broad SMARTS) is 1. The van der Waals surface area contributed by atoms with Gasteiger partial charge in [-0.1, -0.05) is 84.0 Å². The lowest BCUT2D eigenvalue weighted by atomic mass is 9.93. The summed E-state index contributed by atoms with van der Waals surface area (Å²) in [6, 6.07) is 25.5. The van der Waals surface area contributed by atoms with E-state index in [-0.39, 0.29) is 12.7 Å². The van der Waals surface area contributed by atoms with Gasteiger partial charge in [-0.25, -0.2) is 0 Å². The molecule has 1 fully saturated rings. The summed E-state index contributed by atoms with van der Waals surface area (Å²) >= 11 is 0. The minimum absolute atomic E-state index is 0.118. The van der Waals surface area contributed by atoms with Gasteiger partial charge in [0.05, 0.1) is 29.4 Å². The lowest BCUT2D eigenvalue weighted by Gasteiger charge is -2.17. The number of hydrogen-bond donors (Lipinski definition) is 2. The molecule has 4 aromatic rings. The van der Waals surface area contributed by atoms with Crippen LogP contribution in [0.2, 0.25) is 0 Å². The van der Waals surface area contributed by atoms with E-state index < -0.39 is 17.5 Å². The average molecular weight is 484 g/mol. The maximum absolute atomic E-state index is 11.6. The van der Waals surface area contributed by atoms with E-state index in [1.165, 1.54) is 0 Å². The van der Waals surface area contributed by atoms with Gasteiger partial charge in [0.25, 0.3) is 0 Å². The first kappa shape index (κ1) is 24.0. The molecular weight excluding hydrogens is 454 g/mol. The molecule has 3 aromatic carbocycles. The minimum Gasteiger partial charge on any atom is -0.481 e. The summed E-state index contributed by atoms with van der Waals surface area (Å²) in [5.41, 5.74) is 5.26. The van der Waals surface area contributed by atoms with Crippen LogP contribution in [0.25, 0.3) is 22.5 Å². The fourth-order valence-electron chi connectivity index (χ4n) is 4.66. The third-order valence-corrected chi connectivity index (χ3v) is 7.09. The highest BCUT2D eigenvalue weighted by atomic mass is 16.5. The molecule has 1 aliphatic rings. The number of carbonyl (C=O) groups is 1. The van der Waals surface area contributed by atoms with E-state index in [0.717, 1.165) is 27.8 Å². The molecule has 184 valence electrons. The number of aliphatic hydroxyl groups excluding tert-OH is 1. The molecule has 1 aromatic heterocycles. The van der Waals surface area contributed by atoms with Crippen molar-refractivity contribution in [2.24, 2.45) is 0 Å². The Kier molecular flexibility index (Phi) is 6.48. The van der Waals surface area contributed by atoms with Crippen molar-refractivity contribution in [2.75, 3.05) is 6.61 Å². The maximum Gasteiger partial charge on any atom is 0.314 e. The Morgan fingerprint density at radius 1 is 0.972 bits per heavy atom. The fraction of sp³-hybridized carbons (Fsp3) is 0.267. The van der Waals surface area contributed by atoms with Gasteiger partial charge in [-0.2, -0.15) is 0 Å². The van der Waals surface area contributed by atoms with Gasteiger partial charge in [0.2, 0.25) is 0 Å². The summed E-state index contributed by atoms with van der Waals surface area (Å²) < 4.78 is 11.5. The quantitative estimate of drug-likeness (QED) is 0.293. The summed E-state index contributed by atoms with van der Waals surface area (Å²) in [5, 5.41) is 24.5. The predicted octanol–water partition coefficient (Wildman–Crippen LogP) is 6.24. The molecule has 1 aliphatic carbocycles. The number of aryl methyl sites for hydroxylation is 1. The first-order chi connectivity index (χ1) is 17.4. The molecule has 0 spiro atoms. The van der Waals surface area contributed by atoms with Gasteiger partial charge < -0.3 is 19.5 Å². The number of carboxylic acids is 1. The van der Waals surface area contributed by atoms with Crippen LogP contribution in [0.3, 0.4) is 0 Å². The third kappa shape index (κ3) is 4.57. The summed E-state index contributed by atoms with van der Waals surface area (Å²) in [6.07, 6.45) is 0.350. The molecule has 5 rings (SSSR count). The van der Waals surface area contributed by atoms with Gasteiger partial charge in [-0.05, 0) is 48.9 Å². The molecule has 0 bridgehead atoms. The van der Waals surface area contributed by atoms with Crippen molar-refractivity contribution in [3.05, 3.63) is 101 Å². The van der Waals surface area contributed by atoms with E-state index in [1.54, 1.807) is 0 Å². The Bertz CT molecular complexity index is 1340. The van der Waals surface area contributed by atoms with Crippen LogP contribution in [0.15, 0.2) is 83.4 Å². The van der Waals surface area contributed by atoms with Crippen LogP contribution in [0.1, 0.15) is 54.4 Å². The van der Waals surface area contributed by atoms with E-state index in [4.69, 9.17) is 9.26 Å². The molecule has 0 aliphatic heterocycles. The molecule has 2 N–H and O–H groups in total. The maximum atomic E-state index is 11.6. The minimum atomic E-state index is -0.881. The Balaban J connectivity index is 1.30. The largest absolute Gasteiger partial charge is 0.481 e. The smallest absolute Gasteiger partial charge is 0.314 e. The Morgan fingerprint density at radius 2 is 1.56 bits per heavy atom. The molecule has 0 saturated heterocycles. The topological polar surface area (TPSA) is 92.8 Å². The summed E-state index contributed by atoms with van der Waals surface area (Å²) in [4.78, 5) is 11.6. The SMILES string of the molecule is Cc1noc(-c2ccc(-c3ccc(C4(C(=O)O)CC4)cc3)cc2)c1[C@@H](O)CO[C@@H](C)c1ccccc1. The number of benzene rings is 3. The highest BCUT2D eigenvalue weighted by Crippen LogP contribution is 2.48. The van der Waals surface area contributed by atoms with Crippen molar-refractivity contribution in [3.63, 3.8) is 0 Å². The molecule has 6 nitrogen and oxygen atoms in total. The summed E-state index contributed by atoms with van der Waals surface area (Å²) in [7, 11) is 0. The highest BCUT2D eigenvalue weighted by molar-refractivity contribution is 5.85. The molecule has 36 heavy (non-hydrogen) atoms. The monoisotopic (exact) mass is 483 g/mol. The summed E-state index contributed by atoms with van der Waals surface area (Å²) in [6.45, 7) is 3.89. The van der Waals surface area contributed by atoms with Crippen molar-refractivity contribution in [2.45, 2.75) is 44.3 Å². The molecule has 0 amide bonds. The van der Waals surface area contributed by atoms with E-state index in [0.29, 0.717) is 29.9 Å². The van der Waals surface area contributed by atoms with E-state index in [2.05, 4.69) is 5.16 Å². The molecule has 1 saturated carbocycles. The number of rotatable bonds is 9. The standard InChI is InChI=1S/C30H29NO5/c1-19-27(26(32)18-35-20(2)21-6-4-3-5-7-21)28(36-31-19)24-10-8-22(9-11-24)23-12-14-25(15-13-23)30(16-17-30)29(33)34/h3-15,20,26,32H,16-18H2,1-2H3,(H,33,34)/t20-,26-/m0/s1. The molecule has 6 heteroatoms. The van der Waals surface area contributed by atoms with Crippen LogP contribution in [0.5, 0.6) is 0 Å². The number of aliphatic carboxylic acids is 1. The number of aliphatic hydroxyl groups is 1. The van der Waals surface area contributed by atoms with Gasteiger partial charge in [0, 0.05) is 5.56 Å². The van der Waals surface area contributed by atoms with Gasteiger partial charge in [0.1, 0.15) is 6.10 Å². The zero-order valence-corrected chi connectivity index (χ0v) is 20.3. The van der Waals surface area contributed by atoms with Crippen molar-refractivity contribution >= 4 is 5.97 Å². The lowest BCUT2D eigenvalue weighted by Crippen LogP contribution is -2.19. The molecule has 1 heterocycles. The van der Waals surface area contributed by atoms with Crippen molar-refractivity contribution < 1.29 is 24.3 Å². The van der Waals surface area contributed by atoms with E-state index in [1.807, 2.05) is 92.7 Å². The second kappa shape index (κ2) is 9.72. The van der Waals surface area contributed by atoms with Gasteiger partial charge in [-0.15, -0.1) is 0 Å². The Hall–Kier alpha value is -3.74. The van der Waals surface area contributed by atoms with Gasteiger partial charge in [0.15, 0.2) is 5.76 Å². The Labute approximate surface area is 210 Å². The molecular formula is C30H29NO5. The van der Waals surface area contributed by atoms with Crippen LogP contribution < -0.4 is 0 Å². The second-order valence-corrected chi connectivity index (χ2v) is 9.45. The number of ether oxygens (including phenoxy) is 1. The number of aromatic nitrogens is 1. The van der Waals surface area contributed by atoms with Crippen LogP contribution in [0, 0.1) is 6.92 Å². The van der Waals surface area contributed by atoms with Gasteiger partial charge >= 0.3 is 5.97 Å². The zero-order chi connectivity index (χ0) is 25.3. The number of hydrogen-bond acceptors (Lipinski definition) is 5. The van der Waals surface area contributed by atoms with Crippen LogP contribution in [-0.2, 0) is 14.9 Å². The highest BCUT2D eigenvalue weighted by Gasteiger charge is 2.51. The second-order valence-electron chi connectivity index (χ2n) is 9.45. The fourth-order valence-corrected chi connectivity index (χ4v) is 4.66. The molecule has 0 unspecified atom stereocenters. The molecule has 2 atom stereocenters. The van der Waals surface area contributed by atoms with Crippen LogP contribution in [0.4, 0.5) is 0 Å². The first-order valence-electron chi connectivity index (χ1n) is 12.1. The van der Waals surface area contributed by atoms with Crippen LogP contribution in [-0.4, -0.2) is 27.9 Å². The van der Waals surface area contributed by atoms with Crippen molar-refractivity contribution in [1.82, 2.24) is 5.16 Å². The molecule has 0 radical (unpaired) electrons. The average Bonchev–Trinajstić information content (AvgIpc) is 3.64. The van der Waals surface area contributed by atoms with E-state index >= 15 is 0 Å². The van der Waals surface area contributed by atoms with Gasteiger partial charge in [-0.3, -0.25) is 4.79 Å². The normalized spacial score (nSPS) is 15.9. The van der Waals surface area contributed by atoms with E-state index in [9.17, 15) is 15.0 Å². The van der Waals surface area contributed by atoms with Crippen molar-refractivity contribution in [1.29, 1.82) is 0 Å². The lowest BCUT2D eigenvalue weighted by molar-refractivity contribution is -0.140. The number of nitrogens with zero attached hydrogens (tertiary/aromatic N) is 1. The van der Waals surface area contributed by atoms with Crippen LogP contribution >= 0.6 is 0 Å². The van der Waals surface area contributed by atoms with Crippen molar-refractivity contribution in [3.8, 4) is 22.5 Å². The third-order valence-electron chi connectivity index (χ3n) is 7.09. The first-order valence-corrected chi connectivity index (χ1v) is 12.1. The predicted molar refractivity (Wildman–Crippen MR) is 136 cm³/mol.